The van der Waals surface area contributed by atoms with Gasteiger partial charge in [-0.15, -0.1) is 0 Å². The number of nitrogens with one attached hydrogen (secondary N) is 2. The predicted octanol–water partition coefficient (Wildman–Crippen LogP) is 4.39. The number of amides is 1. The number of furan rings is 1. The number of aryl methyl sites for hydroxylation is 1. The second kappa shape index (κ2) is 8.06. The Kier molecular flexibility index (Phi) is 5.56. The van der Waals surface area contributed by atoms with Crippen LogP contribution in [-0.4, -0.2) is 22.1 Å². The van der Waals surface area contributed by atoms with Crippen molar-refractivity contribution in [3.63, 3.8) is 0 Å². The molecule has 0 aliphatic carbocycles. The van der Waals surface area contributed by atoms with Crippen molar-refractivity contribution in [3.8, 4) is 11.3 Å². The fraction of sp³-hybridized carbons (Fsp3) is 0.0952. The zero-order chi connectivity index (χ0) is 20.3. The number of hydrogen-bond donors (Lipinski definition) is 3. The van der Waals surface area contributed by atoms with Crippen molar-refractivity contribution in [1.29, 1.82) is 0 Å². The highest BCUT2D eigenvalue weighted by Gasteiger charge is 2.14. The number of carbonyl (C=O) groups excluding carboxylic acids is 1. The Morgan fingerprint density at radius 3 is 2.36 bits per heavy atom. The molecule has 0 radical (unpaired) electrons. The summed E-state index contributed by atoms with van der Waals surface area (Å²) in [6.45, 7) is 3.80. The van der Waals surface area contributed by atoms with Crippen LogP contribution in [0.25, 0.3) is 11.3 Å². The smallest absolute Gasteiger partial charge is 0.371 e. The molecule has 0 bridgehead atoms. The van der Waals surface area contributed by atoms with Crippen molar-refractivity contribution in [2.24, 2.45) is 0 Å². The number of benzene rings is 2. The Morgan fingerprint density at radius 1 is 1.00 bits per heavy atom. The Bertz CT molecular complexity index is 1050. The number of thiocarbonyl (C=S) groups is 1. The van der Waals surface area contributed by atoms with Gasteiger partial charge >= 0.3 is 5.97 Å². The van der Waals surface area contributed by atoms with Crippen molar-refractivity contribution < 1.29 is 19.1 Å². The van der Waals surface area contributed by atoms with Crippen LogP contribution in [0.5, 0.6) is 0 Å². The molecule has 2 aromatic carbocycles. The molecule has 28 heavy (non-hydrogen) atoms. The van der Waals surface area contributed by atoms with Crippen LogP contribution in [0, 0.1) is 13.8 Å². The first-order valence-corrected chi connectivity index (χ1v) is 8.88. The van der Waals surface area contributed by atoms with E-state index < -0.39 is 5.97 Å². The third-order valence-corrected chi connectivity index (χ3v) is 4.41. The van der Waals surface area contributed by atoms with Crippen LogP contribution in [0.15, 0.2) is 59.0 Å². The Hall–Kier alpha value is -3.45. The fourth-order valence-electron chi connectivity index (χ4n) is 2.67. The highest BCUT2D eigenvalue weighted by atomic mass is 32.1. The van der Waals surface area contributed by atoms with E-state index in [9.17, 15) is 9.59 Å². The van der Waals surface area contributed by atoms with Gasteiger partial charge in [-0.3, -0.25) is 10.1 Å². The first kappa shape index (κ1) is 19.3. The van der Waals surface area contributed by atoms with E-state index in [-0.39, 0.29) is 16.8 Å². The van der Waals surface area contributed by atoms with E-state index in [1.807, 2.05) is 38.1 Å². The Morgan fingerprint density at radius 2 is 1.71 bits per heavy atom. The molecule has 6 nitrogen and oxygen atoms in total. The van der Waals surface area contributed by atoms with Gasteiger partial charge in [0.05, 0.1) is 0 Å². The molecule has 1 amide bonds. The van der Waals surface area contributed by atoms with E-state index in [4.69, 9.17) is 21.7 Å². The number of rotatable bonds is 4. The summed E-state index contributed by atoms with van der Waals surface area (Å²) in [6.07, 6.45) is 0. The topological polar surface area (TPSA) is 91.6 Å². The summed E-state index contributed by atoms with van der Waals surface area (Å²) in [4.78, 5) is 23.3. The molecule has 7 heteroatoms. The standard InChI is InChI=1S/C21H18N2O4S/c1-12-6-8-14(9-7-12)19(24)23-21(28)22-16-5-3-4-15(13(16)2)17-10-11-18(27-17)20(25)26/h3-11H,1-2H3,(H,25,26)(H2,22,23,24,28). The van der Waals surface area contributed by atoms with Gasteiger partial charge in [0.2, 0.25) is 5.76 Å². The highest BCUT2D eigenvalue weighted by molar-refractivity contribution is 7.80. The number of carboxylic acid groups (broad SMARTS) is 1. The normalized spacial score (nSPS) is 10.4. The molecule has 3 aromatic rings. The van der Waals surface area contributed by atoms with Crippen LogP contribution in [0.4, 0.5) is 5.69 Å². The molecule has 1 heterocycles. The number of carboxylic acids is 1. The fourth-order valence-corrected chi connectivity index (χ4v) is 2.87. The van der Waals surface area contributed by atoms with E-state index in [2.05, 4.69) is 10.6 Å². The first-order valence-electron chi connectivity index (χ1n) is 8.47. The zero-order valence-electron chi connectivity index (χ0n) is 15.3. The van der Waals surface area contributed by atoms with Gasteiger partial charge in [0.25, 0.3) is 5.91 Å². The van der Waals surface area contributed by atoms with Crippen molar-refractivity contribution in [1.82, 2.24) is 5.32 Å². The molecule has 0 fully saturated rings. The molecule has 3 rings (SSSR count). The summed E-state index contributed by atoms with van der Waals surface area (Å²) in [5.74, 6) is -1.12. The highest BCUT2D eigenvalue weighted by Crippen LogP contribution is 2.30. The van der Waals surface area contributed by atoms with E-state index in [0.717, 1.165) is 16.7 Å². The summed E-state index contributed by atoms with van der Waals surface area (Å²) < 4.78 is 5.37. The van der Waals surface area contributed by atoms with Gasteiger partial charge in [-0.2, -0.15) is 0 Å². The first-order chi connectivity index (χ1) is 13.3. The molecule has 0 saturated carbocycles. The van der Waals surface area contributed by atoms with Crippen molar-refractivity contribution in [3.05, 3.63) is 77.0 Å². The molecule has 0 saturated heterocycles. The quantitative estimate of drug-likeness (QED) is 0.569. The molecular formula is C21H18N2O4S. The summed E-state index contributed by atoms with van der Waals surface area (Å²) in [7, 11) is 0. The minimum atomic E-state index is -1.13. The van der Waals surface area contributed by atoms with Crippen molar-refractivity contribution in [2.45, 2.75) is 13.8 Å². The second-order valence-corrected chi connectivity index (χ2v) is 6.63. The lowest BCUT2D eigenvalue weighted by Gasteiger charge is -2.14. The van der Waals surface area contributed by atoms with Crippen molar-refractivity contribution >= 4 is 34.9 Å². The van der Waals surface area contributed by atoms with Gasteiger partial charge in [0.15, 0.2) is 5.11 Å². The maximum absolute atomic E-state index is 12.3. The lowest BCUT2D eigenvalue weighted by atomic mass is 10.0. The number of carbonyl (C=O) groups is 2. The SMILES string of the molecule is Cc1ccc(C(=O)NC(=S)Nc2cccc(-c3ccc(C(=O)O)o3)c2C)cc1. The third-order valence-electron chi connectivity index (χ3n) is 4.21. The molecule has 0 aliphatic rings. The van der Waals surface area contributed by atoms with Gasteiger partial charge in [-0.25, -0.2) is 4.79 Å². The largest absolute Gasteiger partial charge is 0.475 e. The molecule has 3 N–H and O–H groups in total. The van der Waals surface area contributed by atoms with Crippen molar-refractivity contribution in [2.75, 3.05) is 5.32 Å². The van der Waals surface area contributed by atoms with Gasteiger partial charge in [0, 0.05) is 16.8 Å². The lowest BCUT2D eigenvalue weighted by molar-refractivity contribution is 0.0663. The third kappa shape index (κ3) is 4.27. The molecular weight excluding hydrogens is 376 g/mol. The van der Waals surface area contributed by atoms with Crippen LogP contribution in [-0.2, 0) is 0 Å². The molecule has 0 aliphatic heterocycles. The zero-order valence-corrected chi connectivity index (χ0v) is 16.1. The van der Waals surface area contributed by atoms with Gasteiger partial charge in [0.1, 0.15) is 5.76 Å². The number of aromatic carboxylic acids is 1. The number of hydrogen-bond acceptors (Lipinski definition) is 4. The average Bonchev–Trinajstić information content (AvgIpc) is 3.14. The summed E-state index contributed by atoms with van der Waals surface area (Å²) in [6, 6.07) is 15.6. The Balaban J connectivity index is 1.75. The summed E-state index contributed by atoms with van der Waals surface area (Å²) in [5.41, 5.74) is 3.79. The van der Waals surface area contributed by atoms with Crippen LogP contribution in [0.3, 0.4) is 0 Å². The maximum Gasteiger partial charge on any atom is 0.371 e. The van der Waals surface area contributed by atoms with Gasteiger partial charge in [-0.05, 0) is 62.0 Å². The molecule has 0 atom stereocenters. The summed E-state index contributed by atoms with van der Waals surface area (Å²) >= 11 is 5.25. The second-order valence-electron chi connectivity index (χ2n) is 6.22. The monoisotopic (exact) mass is 394 g/mol. The minimum absolute atomic E-state index is 0.131. The molecule has 142 valence electrons. The van der Waals surface area contributed by atoms with Gasteiger partial charge in [-0.1, -0.05) is 29.8 Å². The van der Waals surface area contributed by atoms with E-state index in [1.165, 1.54) is 6.07 Å². The number of anilines is 1. The lowest BCUT2D eigenvalue weighted by Crippen LogP contribution is -2.34. The van der Waals surface area contributed by atoms with Gasteiger partial charge < -0.3 is 14.8 Å². The maximum atomic E-state index is 12.3. The van der Waals surface area contributed by atoms with Crippen LogP contribution >= 0.6 is 12.2 Å². The predicted molar refractivity (Wildman–Crippen MR) is 111 cm³/mol. The summed E-state index contributed by atoms with van der Waals surface area (Å²) in [5, 5.41) is 14.8. The van der Waals surface area contributed by atoms with Crippen LogP contribution < -0.4 is 10.6 Å². The molecule has 1 aromatic heterocycles. The van der Waals surface area contributed by atoms with Crippen LogP contribution in [0.1, 0.15) is 32.0 Å². The average molecular weight is 394 g/mol. The van der Waals surface area contributed by atoms with E-state index in [1.54, 1.807) is 24.3 Å². The minimum Gasteiger partial charge on any atom is -0.475 e. The molecule has 0 spiro atoms. The van der Waals surface area contributed by atoms with Crippen LogP contribution in [0.2, 0.25) is 0 Å². The molecule has 0 unspecified atom stereocenters. The van der Waals surface area contributed by atoms with E-state index in [0.29, 0.717) is 17.0 Å². The Labute approximate surface area is 167 Å². The van der Waals surface area contributed by atoms with E-state index >= 15 is 0 Å².